The summed E-state index contributed by atoms with van der Waals surface area (Å²) in [6.45, 7) is 7.99. The maximum atomic E-state index is 12.2. The molecule has 88 valence electrons. The quantitative estimate of drug-likeness (QED) is 0.790. The van der Waals surface area contributed by atoms with Crippen molar-refractivity contribution in [2.24, 2.45) is 5.92 Å². The third kappa shape index (κ3) is 2.43. The second kappa shape index (κ2) is 4.69. The lowest BCUT2D eigenvalue weighted by Crippen LogP contribution is -2.33. The Kier molecular flexibility index (Phi) is 3.74. The van der Waals surface area contributed by atoms with E-state index in [1.54, 1.807) is 0 Å². The van der Waals surface area contributed by atoms with Gasteiger partial charge in [0.1, 0.15) is 5.78 Å². The van der Waals surface area contributed by atoms with Crippen molar-refractivity contribution in [3.05, 3.63) is 29.8 Å². The van der Waals surface area contributed by atoms with Crippen LogP contribution in [0.4, 0.5) is 5.69 Å². The van der Waals surface area contributed by atoms with Crippen molar-refractivity contribution in [1.29, 1.82) is 0 Å². The minimum absolute atomic E-state index is 0.104. The summed E-state index contributed by atoms with van der Waals surface area (Å²) in [4.78, 5) is 12.2. The first kappa shape index (κ1) is 12.8. The highest BCUT2D eigenvalue weighted by atomic mass is 16.1. The minimum atomic E-state index is -0.427. The first-order valence-corrected chi connectivity index (χ1v) is 5.80. The smallest absolute Gasteiger partial charge is 0.145 e. The molecule has 1 atom stereocenters. The van der Waals surface area contributed by atoms with Gasteiger partial charge >= 0.3 is 0 Å². The van der Waals surface area contributed by atoms with Gasteiger partial charge in [0, 0.05) is 17.0 Å². The van der Waals surface area contributed by atoms with Gasteiger partial charge in [0.15, 0.2) is 0 Å². The fourth-order valence-corrected chi connectivity index (χ4v) is 1.84. The zero-order chi connectivity index (χ0) is 12.3. The van der Waals surface area contributed by atoms with Crippen molar-refractivity contribution >= 4 is 11.5 Å². The Bertz CT molecular complexity index is 365. The van der Waals surface area contributed by atoms with E-state index in [-0.39, 0.29) is 5.92 Å². The molecule has 0 saturated carbocycles. The van der Waals surface area contributed by atoms with E-state index < -0.39 is 5.41 Å². The highest BCUT2D eigenvalue weighted by Gasteiger charge is 2.32. The van der Waals surface area contributed by atoms with Gasteiger partial charge < -0.3 is 5.73 Å². The molecule has 1 aromatic carbocycles. The Morgan fingerprint density at radius 3 is 2.25 bits per heavy atom. The molecule has 1 unspecified atom stereocenters. The highest BCUT2D eigenvalue weighted by Crippen LogP contribution is 2.28. The van der Waals surface area contributed by atoms with Crippen molar-refractivity contribution in [2.45, 2.75) is 39.5 Å². The summed E-state index contributed by atoms with van der Waals surface area (Å²) < 4.78 is 0. The molecule has 16 heavy (non-hydrogen) atoms. The number of ketones is 1. The standard InChI is InChI=1S/C14H21NO/c1-5-10(2)13(16)14(3,4)11-6-8-12(15)9-7-11/h6-10H,5,15H2,1-4H3. The van der Waals surface area contributed by atoms with Crippen LogP contribution in [0, 0.1) is 5.92 Å². The van der Waals surface area contributed by atoms with Crippen LogP contribution in [-0.2, 0) is 10.2 Å². The zero-order valence-electron chi connectivity index (χ0n) is 10.6. The number of nitrogens with two attached hydrogens (primary N) is 1. The van der Waals surface area contributed by atoms with Gasteiger partial charge in [-0.15, -0.1) is 0 Å². The number of anilines is 1. The van der Waals surface area contributed by atoms with Crippen LogP contribution in [0.5, 0.6) is 0 Å². The van der Waals surface area contributed by atoms with E-state index in [4.69, 9.17) is 5.73 Å². The van der Waals surface area contributed by atoms with Crippen LogP contribution in [0.1, 0.15) is 39.7 Å². The second-order valence-electron chi connectivity index (χ2n) is 4.92. The van der Waals surface area contributed by atoms with Gasteiger partial charge in [-0.2, -0.15) is 0 Å². The van der Waals surface area contributed by atoms with Crippen molar-refractivity contribution in [3.63, 3.8) is 0 Å². The van der Waals surface area contributed by atoms with Crippen molar-refractivity contribution in [2.75, 3.05) is 5.73 Å². The molecule has 0 radical (unpaired) electrons. The molecule has 1 aromatic rings. The summed E-state index contributed by atoms with van der Waals surface area (Å²) in [5.74, 6) is 0.396. The summed E-state index contributed by atoms with van der Waals surface area (Å²) in [6.07, 6.45) is 0.886. The maximum absolute atomic E-state index is 12.2. The van der Waals surface area contributed by atoms with E-state index in [0.29, 0.717) is 5.78 Å². The SMILES string of the molecule is CCC(C)C(=O)C(C)(C)c1ccc(N)cc1. The van der Waals surface area contributed by atoms with Gasteiger partial charge in [0.05, 0.1) is 0 Å². The third-order valence-corrected chi connectivity index (χ3v) is 3.31. The number of nitrogen functional groups attached to an aromatic ring is 1. The molecule has 0 aliphatic carbocycles. The Labute approximate surface area is 97.9 Å². The van der Waals surface area contributed by atoms with E-state index >= 15 is 0 Å². The number of Topliss-reactive ketones (excluding diaryl/α,β-unsaturated/α-hetero) is 1. The number of benzene rings is 1. The molecular formula is C14H21NO. The van der Waals surface area contributed by atoms with Gasteiger partial charge in [0.25, 0.3) is 0 Å². The van der Waals surface area contributed by atoms with Gasteiger partial charge in [-0.25, -0.2) is 0 Å². The topological polar surface area (TPSA) is 43.1 Å². The average molecular weight is 219 g/mol. The normalized spacial score (nSPS) is 13.5. The van der Waals surface area contributed by atoms with Crippen LogP contribution in [0.2, 0.25) is 0 Å². The van der Waals surface area contributed by atoms with Crippen LogP contribution in [0.3, 0.4) is 0 Å². The molecule has 0 heterocycles. The van der Waals surface area contributed by atoms with E-state index in [0.717, 1.165) is 17.7 Å². The van der Waals surface area contributed by atoms with Crippen LogP contribution >= 0.6 is 0 Å². The van der Waals surface area contributed by atoms with Gasteiger partial charge in [-0.3, -0.25) is 4.79 Å². The lowest BCUT2D eigenvalue weighted by molar-refractivity contribution is -0.127. The molecule has 0 fully saturated rings. The van der Waals surface area contributed by atoms with Crippen molar-refractivity contribution in [3.8, 4) is 0 Å². The van der Waals surface area contributed by atoms with E-state index in [2.05, 4.69) is 0 Å². The molecule has 0 aliphatic rings. The molecule has 2 nitrogen and oxygen atoms in total. The molecule has 0 aliphatic heterocycles. The zero-order valence-corrected chi connectivity index (χ0v) is 10.6. The summed E-state index contributed by atoms with van der Waals surface area (Å²) in [5.41, 5.74) is 6.99. The Hall–Kier alpha value is -1.31. The largest absolute Gasteiger partial charge is 0.399 e. The first-order chi connectivity index (χ1) is 7.39. The number of hydrogen-bond acceptors (Lipinski definition) is 2. The molecule has 0 bridgehead atoms. The van der Waals surface area contributed by atoms with Crippen molar-refractivity contribution in [1.82, 2.24) is 0 Å². The van der Waals surface area contributed by atoms with Crippen LogP contribution in [-0.4, -0.2) is 5.78 Å². The van der Waals surface area contributed by atoms with Crippen LogP contribution in [0.15, 0.2) is 24.3 Å². The number of rotatable bonds is 4. The summed E-state index contributed by atoms with van der Waals surface area (Å²) >= 11 is 0. The summed E-state index contributed by atoms with van der Waals surface area (Å²) in [6, 6.07) is 7.58. The van der Waals surface area contributed by atoms with Crippen LogP contribution in [0.25, 0.3) is 0 Å². The van der Waals surface area contributed by atoms with Crippen molar-refractivity contribution < 1.29 is 4.79 Å². The predicted molar refractivity (Wildman–Crippen MR) is 68.3 cm³/mol. The average Bonchev–Trinajstić information content (AvgIpc) is 2.27. The van der Waals surface area contributed by atoms with E-state index in [1.807, 2.05) is 52.0 Å². The molecule has 0 aromatic heterocycles. The first-order valence-electron chi connectivity index (χ1n) is 5.80. The summed E-state index contributed by atoms with van der Waals surface area (Å²) in [7, 11) is 0. The Balaban J connectivity index is 3.01. The van der Waals surface area contributed by atoms with E-state index in [9.17, 15) is 4.79 Å². The lowest BCUT2D eigenvalue weighted by atomic mass is 9.75. The molecule has 0 saturated heterocycles. The summed E-state index contributed by atoms with van der Waals surface area (Å²) in [5, 5.41) is 0. The number of carbonyl (C=O) groups excluding carboxylic acids is 1. The molecule has 2 N–H and O–H groups in total. The Morgan fingerprint density at radius 1 is 1.31 bits per heavy atom. The number of hydrogen-bond donors (Lipinski definition) is 1. The highest BCUT2D eigenvalue weighted by molar-refractivity contribution is 5.91. The maximum Gasteiger partial charge on any atom is 0.145 e. The molecule has 0 spiro atoms. The van der Waals surface area contributed by atoms with Crippen LogP contribution < -0.4 is 5.73 Å². The van der Waals surface area contributed by atoms with Gasteiger partial charge in [-0.05, 0) is 38.0 Å². The predicted octanol–water partition coefficient (Wildman–Crippen LogP) is 3.16. The van der Waals surface area contributed by atoms with E-state index in [1.165, 1.54) is 0 Å². The number of carbonyl (C=O) groups is 1. The molecule has 2 heteroatoms. The lowest BCUT2D eigenvalue weighted by Gasteiger charge is -2.26. The van der Waals surface area contributed by atoms with Gasteiger partial charge in [0.2, 0.25) is 0 Å². The molecule has 1 rings (SSSR count). The fraction of sp³-hybridized carbons (Fsp3) is 0.500. The Morgan fingerprint density at radius 2 is 1.81 bits per heavy atom. The molecular weight excluding hydrogens is 198 g/mol. The third-order valence-electron chi connectivity index (χ3n) is 3.31. The second-order valence-corrected chi connectivity index (χ2v) is 4.92. The van der Waals surface area contributed by atoms with Gasteiger partial charge in [-0.1, -0.05) is 26.0 Å². The minimum Gasteiger partial charge on any atom is -0.399 e. The monoisotopic (exact) mass is 219 g/mol. The molecule has 0 amide bonds. The fourth-order valence-electron chi connectivity index (χ4n) is 1.84.